The second-order valence-corrected chi connectivity index (χ2v) is 6.51. The average molecular weight is 353 g/mol. The highest BCUT2D eigenvalue weighted by molar-refractivity contribution is 9.10. The van der Waals surface area contributed by atoms with Gasteiger partial charge >= 0.3 is 5.97 Å². The molecule has 21 heavy (non-hydrogen) atoms. The van der Waals surface area contributed by atoms with Crippen molar-refractivity contribution in [1.82, 2.24) is 9.88 Å². The molecule has 0 radical (unpaired) electrons. The highest BCUT2D eigenvalue weighted by atomic mass is 79.9. The SMILES string of the molecule is O=C(O)C1CC2CCCCC2N1C(=O)c1cccnc1Br. The molecule has 2 aliphatic rings. The van der Waals surface area contributed by atoms with E-state index < -0.39 is 12.0 Å². The predicted molar refractivity (Wildman–Crippen MR) is 79.9 cm³/mol. The minimum Gasteiger partial charge on any atom is -0.480 e. The minimum atomic E-state index is -0.905. The zero-order chi connectivity index (χ0) is 15.0. The Morgan fingerprint density at radius 2 is 2.10 bits per heavy atom. The average Bonchev–Trinajstić information content (AvgIpc) is 2.86. The number of carbonyl (C=O) groups is 2. The minimum absolute atomic E-state index is 0.0551. The molecule has 1 aromatic rings. The molecule has 1 aliphatic carbocycles. The number of pyridine rings is 1. The molecule has 1 saturated carbocycles. The van der Waals surface area contributed by atoms with Gasteiger partial charge in [0.2, 0.25) is 0 Å². The molecule has 1 amide bonds. The molecule has 1 saturated heterocycles. The second-order valence-electron chi connectivity index (χ2n) is 5.76. The van der Waals surface area contributed by atoms with Gasteiger partial charge in [-0.3, -0.25) is 4.79 Å². The fourth-order valence-electron chi connectivity index (χ4n) is 3.66. The maximum Gasteiger partial charge on any atom is 0.326 e. The Kier molecular flexibility index (Phi) is 3.97. The van der Waals surface area contributed by atoms with Crippen LogP contribution >= 0.6 is 15.9 Å². The van der Waals surface area contributed by atoms with Crippen molar-refractivity contribution in [3.05, 3.63) is 28.5 Å². The van der Waals surface area contributed by atoms with Gasteiger partial charge < -0.3 is 10.0 Å². The van der Waals surface area contributed by atoms with E-state index >= 15 is 0 Å². The number of hydrogen-bond donors (Lipinski definition) is 1. The Labute approximate surface area is 131 Å². The van der Waals surface area contributed by atoms with E-state index in [9.17, 15) is 14.7 Å². The molecule has 1 aliphatic heterocycles. The van der Waals surface area contributed by atoms with E-state index in [1.807, 2.05) is 0 Å². The summed E-state index contributed by atoms with van der Waals surface area (Å²) < 4.78 is 0.471. The summed E-state index contributed by atoms with van der Waals surface area (Å²) in [6.45, 7) is 0. The van der Waals surface area contributed by atoms with Gasteiger partial charge in [0.25, 0.3) is 5.91 Å². The lowest BCUT2D eigenvalue weighted by Crippen LogP contribution is -2.46. The quantitative estimate of drug-likeness (QED) is 0.830. The number of hydrogen-bond acceptors (Lipinski definition) is 3. The zero-order valence-corrected chi connectivity index (χ0v) is 13.1. The number of nitrogens with zero attached hydrogens (tertiary/aromatic N) is 2. The van der Waals surface area contributed by atoms with Crippen LogP contribution in [0.3, 0.4) is 0 Å². The van der Waals surface area contributed by atoms with Crippen molar-refractivity contribution in [3.8, 4) is 0 Å². The molecule has 1 aromatic heterocycles. The fourth-order valence-corrected chi connectivity index (χ4v) is 4.08. The summed E-state index contributed by atoms with van der Waals surface area (Å²) in [7, 11) is 0. The normalized spacial score (nSPS) is 28.2. The third kappa shape index (κ3) is 2.57. The number of fused-ring (bicyclic) bond motifs is 1. The summed E-state index contributed by atoms with van der Waals surface area (Å²) >= 11 is 3.28. The van der Waals surface area contributed by atoms with Crippen molar-refractivity contribution < 1.29 is 14.7 Å². The van der Waals surface area contributed by atoms with Gasteiger partial charge in [0.05, 0.1) is 5.56 Å². The second kappa shape index (κ2) is 5.75. The van der Waals surface area contributed by atoms with Crippen LogP contribution in [0.5, 0.6) is 0 Å². The van der Waals surface area contributed by atoms with Gasteiger partial charge in [-0.15, -0.1) is 0 Å². The smallest absolute Gasteiger partial charge is 0.326 e. The first-order chi connectivity index (χ1) is 10.1. The van der Waals surface area contributed by atoms with Crippen molar-refractivity contribution in [3.63, 3.8) is 0 Å². The fraction of sp³-hybridized carbons (Fsp3) is 0.533. The van der Waals surface area contributed by atoms with Crippen LogP contribution in [0.2, 0.25) is 0 Å². The van der Waals surface area contributed by atoms with E-state index in [1.54, 1.807) is 23.2 Å². The van der Waals surface area contributed by atoms with Crippen molar-refractivity contribution >= 4 is 27.8 Å². The molecular weight excluding hydrogens is 336 g/mol. The van der Waals surface area contributed by atoms with Gasteiger partial charge in [-0.25, -0.2) is 9.78 Å². The monoisotopic (exact) mass is 352 g/mol. The van der Waals surface area contributed by atoms with Crippen molar-refractivity contribution in [1.29, 1.82) is 0 Å². The van der Waals surface area contributed by atoms with Crippen molar-refractivity contribution in [2.75, 3.05) is 0 Å². The highest BCUT2D eigenvalue weighted by Gasteiger charge is 2.47. The lowest BCUT2D eigenvalue weighted by molar-refractivity contribution is -0.141. The number of amides is 1. The highest BCUT2D eigenvalue weighted by Crippen LogP contribution is 2.40. The maximum atomic E-state index is 12.8. The molecule has 0 aromatic carbocycles. The first-order valence-electron chi connectivity index (χ1n) is 7.25. The Balaban J connectivity index is 1.95. The first-order valence-corrected chi connectivity index (χ1v) is 8.05. The Morgan fingerprint density at radius 1 is 1.33 bits per heavy atom. The molecule has 6 heteroatoms. The topological polar surface area (TPSA) is 70.5 Å². The first kappa shape index (κ1) is 14.5. The van der Waals surface area contributed by atoms with Crippen LogP contribution in [0.25, 0.3) is 0 Å². The molecule has 0 spiro atoms. The van der Waals surface area contributed by atoms with E-state index in [4.69, 9.17) is 0 Å². The van der Waals surface area contributed by atoms with Crippen LogP contribution in [0.15, 0.2) is 22.9 Å². The van der Waals surface area contributed by atoms with E-state index in [2.05, 4.69) is 20.9 Å². The molecule has 2 heterocycles. The summed E-state index contributed by atoms with van der Waals surface area (Å²) in [5, 5.41) is 9.47. The molecule has 0 bridgehead atoms. The van der Waals surface area contributed by atoms with Gasteiger partial charge in [0.15, 0.2) is 0 Å². The molecule has 112 valence electrons. The molecule has 1 N–H and O–H groups in total. The molecule has 5 nitrogen and oxygen atoms in total. The third-order valence-electron chi connectivity index (χ3n) is 4.60. The number of likely N-dealkylation sites (tertiary alicyclic amines) is 1. The lowest BCUT2D eigenvalue weighted by atomic mass is 9.84. The van der Waals surface area contributed by atoms with Crippen LogP contribution in [0.4, 0.5) is 0 Å². The predicted octanol–water partition coefficient (Wildman–Crippen LogP) is 2.70. The summed E-state index contributed by atoms with van der Waals surface area (Å²) in [6.07, 6.45) is 6.29. The van der Waals surface area contributed by atoms with Crippen LogP contribution in [-0.2, 0) is 4.79 Å². The van der Waals surface area contributed by atoms with E-state index in [1.165, 1.54) is 0 Å². The summed E-state index contributed by atoms with van der Waals surface area (Å²) in [5.74, 6) is -0.811. The third-order valence-corrected chi connectivity index (χ3v) is 5.23. The van der Waals surface area contributed by atoms with Gasteiger partial charge in [0.1, 0.15) is 10.6 Å². The lowest BCUT2D eigenvalue weighted by Gasteiger charge is -2.33. The largest absolute Gasteiger partial charge is 0.480 e. The Morgan fingerprint density at radius 3 is 2.81 bits per heavy atom. The Bertz CT molecular complexity index is 578. The number of carboxylic acid groups (broad SMARTS) is 1. The van der Waals surface area contributed by atoms with Crippen LogP contribution in [0.1, 0.15) is 42.5 Å². The van der Waals surface area contributed by atoms with Crippen molar-refractivity contribution in [2.45, 2.75) is 44.2 Å². The maximum absolute atomic E-state index is 12.8. The summed E-state index contributed by atoms with van der Waals surface area (Å²) in [6, 6.07) is 2.73. The molecule has 2 fully saturated rings. The number of aliphatic carboxylic acids is 1. The van der Waals surface area contributed by atoms with Gasteiger partial charge in [-0.2, -0.15) is 0 Å². The van der Waals surface area contributed by atoms with Gasteiger partial charge in [-0.05, 0) is 53.2 Å². The number of carbonyl (C=O) groups excluding carboxylic acids is 1. The molecule has 3 rings (SSSR count). The molecular formula is C15H17BrN2O3. The van der Waals surface area contributed by atoms with Crippen molar-refractivity contribution in [2.24, 2.45) is 5.92 Å². The number of rotatable bonds is 2. The number of carboxylic acids is 1. The standard InChI is InChI=1S/C15H17BrN2O3/c16-13-10(5-3-7-17-13)14(19)18-11-6-2-1-4-9(11)8-12(18)15(20)21/h3,5,7,9,11-12H,1-2,4,6,8H2,(H,20,21). The van der Waals surface area contributed by atoms with E-state index in [0.29, 0.717) is 22.5 Å². The van der Waals surface area contributed by atoms with Crippen LogP contribution in [0, 0.1) is 5.92 Å². The molecule has 3 atom stereocenters. The number of halogens is 1. The number of aromatic nitrogens is 1. The zero-order valence-electron chi connectivity index (χ0n) is 11.5. The Hall–Kier alpha value is -1.43. The van der Waals surface area contributed by atoms with E-state index in [0.717, 1.165) is 25.7 Å². The molecule has 3 unspecified atom stereocenters. The van der Waals surface area contributed by atoms with Crippen LogP contribution < -0.4 is 0 Å². The van der Waals surface area contributed by atoms with Crippen LogP contribution in [-0.4, -0.2) is 39.0 Å². The van der Waals surface area contributed by atoms with Gasteiger partial charge in [-0.1, -0.05) is 12.8 Å². The summed E-state index contributed by atoms with van der Waals surface area (Å²) in [5.41, 5.74) is 0.440. The van der Waals surface area contributed by atoms with Gasteiger partial charge in [0, 0.05) is 12.2 Å². The van der Waals surface area contributed by atoms with E-state index in [-0.39, 0.29) is 11.9 Å². The summed E-state index contributed by atoms with van der Waals surface area (Å²) in [4.78, 5) is 30.0.